The van der Waals surface area contributed by atoms with Crippen molar-refractivity contribution >= 4 is 11.8 Å². The van der Waals surface area contributed by atoms with Gasteiger partial charge in [-0.2, -0.15) is 16.9 Å². The van der Waals surface area contributed by atoms with Gasteiger partial charge in [0.2, 0.25) is 0 Å². The molecule has 5 heterocycles. The summed E-state index contributed by atoms with van der Waals surface area (Å²) in [6, 6.07) is 1.80. The Morgan fingerprint density at radius 3 is 2.76 bits per heavy atom. The first-order valence-electron chi connectivity index (χ1n) is 10.9. The van der Waals surface area contributed by atoms with Gasteiger partial charge in [-0.1, -0.05) is 0 Å². The number of nitrogens with zero attached hydrogens (tertiary/aromatic N) is 6. The third-order valence-corrected chi connectivity index (χ3v) is 7.46. The van der Waals surface area contributed by atoms with Crippen LogP contribution in [-0.2, 0) is 38.2 Å². The number of hydrogen-bond donors (Lipinski definition) is 0. The molecule has 156 valence electrons. The topological polar surface area (TPSA) is 59.2 Å². The van der Waals surface area contributed by atoms with Crippen LogP contribution in [0.1, 0.15) is 35.6 Å². The van der Waals surface area contributed by atoms with E-state index in [9.17, 15) is 4.79 Å². The lowest BCUT2D eigenvalue weighted by Crippen LogP contribution is -2.47. The van der Waals surface area contributed by atoms with Crippen molar-refractivity contribution in [3.05, 3.63) is 45.4 Å². The molecule has 29 heavy (non-hydrogen) atoms. The largest absolute Gasteiger partial charge is 0.331 e. The third-order valence-electron chi connectivity index (χ3n) is 6.45. The van der Waals surface area contributed by atoms with Gasteiger partial charge in [0.15, 0.2) is 0 Å². The van der Waals surface area contributed by atoms with Crippen molar-refractivity contribution in [2.45, 2.75) is 51.1 Å². The smallest absolute Gasteiger partial charge is 0.267 e. The first-order valence-corrected chi connectivity index (χ1v) is 12.1. The molecule has 0 radical (unpaired) electrons. The van der Waals surface area contributed by atoms with E-state index in [1.165, 1.54) is 30.8 Å². The molecule has 1 saturated heterocycles. The lowest BCUT2D eigenvalue weighted by Gasteiger charge is -2.34. The summed E-state index contributed by atoms with van der Waals surface area (Å²) in [6.07, 6.45) is 6.81. The van der Waals surface area contributed by atoms with E-state index >= 15 is 0 Å². The molecule has 0 atom stereocenters. The van der Waals surface area contributed by atoms with Crippen molar-refractivity contribution in [3.8, 4) is 0 Å². The fourth-order valence-electron chi connectivity index (χ4n) is 4.65. The van der Waals surface area contributed by atoms with Gasteiger partial charge >= 0.3 is 0 Å². The number of imidazole rings is 1. The molecule has 0 amide bonds. The SMILES string of the molecule is O=c1cc2c(nn1CCN1CCN(Cc3ncc4n3CCCC4)CC1)CCSC2. The summed E-state index contributed by atoms with van der Waals surface area (Å²) in [5, 5.41) is 4.65. The van der Waals surface area contributed by atoms with Crippen LogP contribution in [0.3, 0.4) is 0 Å². The molecule has 0 aromatic carbocycles. The maximum Gasteiger partial charge on any atom is 0.267 e. The summed E-state index contributed by atoms with van der Waals surface area (Å²) in [7, 11) is 0. The lowest BCUT2D eigenvalue weighted by atomic mass is 10.1. The van der Waals surface area contributed by atoms with E-state index in [2.05, 4.69) is 25.7 Å². The van der Waals surface area contributed by atoms with Gasteiger partial charge in [-0.15, -0.1) is 0 Å². The Morgan fingerprint density at radius 1 is 1.00 bits per heavy atom. The Kier molecular flexibility index (Phi) is 5.74. The van der Waals surface area contributed by atoms with Crippen molar-refractivity contribution in [3.63, 3.8) is 0 Å². The molecular weight excluding hydrogens is 384 g/mol. The first kappa shape index (κ1) is 19.3. The van der Waals surface area contributed by atoms with E-state index in [0.29, 0.717) is 6.54 Å². The minimum Gasteiger partial charge on any atom is -0.331 e. The maximum absolute atomic E-state index is 12.4. The molecule has 0 aliphatic carbocycles. The van der Waals surface area contributed by atoms with Crippen molar-refractivity contribution in [1.29, 1.82) is 0 Å². The zero-order valence-electron chi connectivity index (χ0n) is 17.1. The monoisotopic (exact) mass is 414 g/mol. The van der Waals surface area contributed by atoms with Crippen LogP contribution in [0.15, 0.2) is 17.1 Å². The van der Waals surface area contributed by atoms with Crippen LogP contribution in [-0.4, -0.2) is 67.6 Å². The van der Waals surface area contributed by atoms with Crippen LogP contribution in [0.25, 0.3) is 0 Å². The van der Waals surface area contributed by atoms with E-state index in [1.54, 1.807) is 10.7 Å². The molecule has 3 aliphatic rings. The Balaban J connectivity index is 1.13. The molecular formula is C21H30N6OS. The summed E-state index contributed by atoms with van der Waals surface area (Å²) in [6.45, 7) is 7.88. The summed E-state index contributed by atoms with van der Waals surface area (Å²) in [4.78, 5) is 22.0. The van der Waals surface area contributed by atoms with Gasteiger partial charge in [0, 0.05) is 69.4 Å². The average molecular weight is 415 g/mol. The lowest BCUT2D eigenvalue weighted by molar-refractivity contribution is 0.119. The summed E-state index contributed by atoms with van der Waals surface area (Å²) in [5.74, 6) is 3.27. The highest BCUT2D eigenvalue weighted by Crippen LogP contribution is 2.21. The van der Waals surface area contributed by atoms with Crippen molar-refractivity contribution < 1.29 is 0 Å². The Morgan fingerprint density at radius 2 is 1.86 bits per heavy atom. The van der Waals surface area contributed by atoms with E-state index in [0.717, 1.165) is 75.0 Å². The second kappa shape index (κ2) is 8.62. The van der Waals surface area contributed by atoms with Gasteiger partial charge in [0.25, 0.3) is 5.56 Å². The van der Waals surface area contributed by atoms with Crippen LogP contribution in [0.2, 0.25) is 0 Å². The highest BCUT2D eigenvalue weighted by Gasteiger charge is 2.21. The number of rotatable bonds is 5. The maximum atomic E-state index is 12.4. The average Bonchev–Trinajstić information content (AvgIpc) is 3.16. The number of piperazine rings is 1. The van der Waals surface area contributed by atoms with E-state index in [1.807, 2.05) is 11.8 Å². The molecule has 2 aromatic heterocycles. The Hall–Kier alpha value is -1.64. The Labute approximate surface area is 176 Å². The van der Waals surface area contributed by atoms with Crippen LogP contribution in [0, 0.1) is 0 Å². The molecule has 1 fully saturated rings. The number of aromatic nitrogens is 4. The van der Waals surface area contributed by atoms with E-state index in [-0.39, 0.29) is 5.56 Å². The fourth-order valence-corrected chi connectivity index (χ4v) is 5.60. The molecule has 0 N–H and O–H groups in total. The van der Waals surface area contributed by atoms with Gasteiger partial charge in [0.1, 0.15) is 5.82 Å². The normalized spacial score (nSPS) is 20.4. The molecule has 5 rings (SSSR count). The molecule has 2 aromatic rings. The van der Waals surface area contributed by atoms with Crippen LogP contribution in [0.4, 0.5) is 0 Å². The second-order valence-corrected chi connectivity index (χ2v) is 9.48. The van der Waals surface area contributed by atoms with Crippen LogP contribution < -0.4 is 5.56 Å². The van der Waals surface area contributed by atoms with Crippen LogP contribution >= 0.6 is 11.8 Å². The van der Waals surface area contributed by atoms with Gasteiger partial charge in [-0.05, 0) is 30.6 Å². The molecule has 0 bridgehead atoms. The number of hydrogen-bond acceptors (Lipinski definition) is 6. The molecule has 0 saturated carbocycles. The van der Waals surface area contributed by atoms with Gasteiger partial charge in [-0.25, -0.2) is 9.67 Å². The van der Waals surface area contributed by atoms with Gasteiger partial charge in [0.05, 0.1) is 18.8 Å². The van der Waals surface area contributed by atoms with Crippen molar-refractivity contribution in [2.75, 3.05) is 38.5 Å². The molecule has 0 unspecified atom stereocenters. The molecule has 3 aliphatic heterocycles. The highest BCUT2D eigenvalue weighted by atomic mass is 32.2. The van der Waals surface area contributed by atoms with Gasteiger partial charge < -0.3 is 4.57 Å². The number of fused-ring (bicyclic) bond motifs is 2. The zero-order valence-corrected chi connectivity index (χ0v) is 17.9. The first-order chi connectivity index (χ1) is 14.3. The summed E-state index contributed by atoms with van der Waals surface area (Å²) < 4.78 is 4.11. The van der Waals surface area contributed by atoms with Gasteiger partial charge in [-0.3, -0.25) is 14.6 Å². The number of aryl methyl sites for hydroxylation is 2. The zero-order chi connectivity index (χ0) is 19.6. The van der Waals surface area contributed by atoms with Crippen molar-refractivity contribution in [1.82, 2.24) is 29.1 Å². The minimum atomic E-state index is 0.0500. The predicted octanol–water partition coefficient (Wildman–Crippen LogP) is 1.38. The minimum absolute atomic E-state index is 0.0500. The quantitative estimate of drug-likeness (QED) is 0.737. The molecule has 7 nitrogen and oxygen atoms in total. The molecule has 8 heteroatoms. The fraction of sp³-hybridized carbons (Fsp3) is 0.667. The van der Waals surface area contributed by atoms with Crippen LogP contribution in [0.5, 0.6) is 0 Å². The summed E-state index contributed by atoms with van der Waals surface area (Å²) >= 11 is 1.89. The Bertz CT molecular complexity index is 914. The third kappa shape index (κ3) is 4.29. The van der Waals surface area contributed by atoms with Crippen molar-refractivity contribution in [2.24, 2.45) is 0 Å². The second-order valence-electron chi connectivity index (χ2n) is 8.37. The standard InChI is InChI=1S/C21H30N6OS/c28-21-13-17-16-29-12-4-19(17)23-27(21)11-10-24-6-8-25(9-7-24)15-20-22-14-18-3-1-2-5-26(18)20/h13-14H,1-12,15-16H2. The highest BCUT2D eigenvalue weighted by molar-refractivity contribution is 7.98. The number of thioether (sulfide) groups is 1. The predicted molar refractivity (Wildman–Crippen MR) is 115 cm³/mol. The van der Waals surface area contributed by atoms with E-state index in [4.69, 9.17) is 4.98 Å². The molecule has 0 spiro atoms. The summed E-state index contributed by atoms with van der Waals surface area (Å²) in [5.41, 5.74) is 3.72. The van der Waals surface area contributed by atoms with E-state index < -0.39 is 0 Å².